The minimum absolute atomic E-state index is 0.0710. The van der Waals surface area contributed by atoms with Gasteiger partial charge in [-0.1, -0.05) is 46.3 Å². The standard InChI is InChI=1S/C15H16BrNO2/c16-13-6-5-12(10-3-1-2-4-11(10)13)15(17)14-9-18-7-8-19-14/h1-6,14-15H,7-9,17H2. The summed E-state index contributed by atoms with van der Waals surface area (Å²) < 4.78 is 12.2. The Kier molecular flexibility index (Phi) is 3.84. The molecule has 1 fully saturated rings. The van der Waals surface area contributed by atoms with E-state index >= 15 is 0 Å². The third kappa shape index (κ3) is 2.54. The number of ether oxygens (including phenoxy) is 2. The Morgan fingerprint density at radius 3 is 2.63 bits per heavy atom. The van der Waals surface area contributed by atoms with Crippen LogP contribution in [0, 0.1) is 0 Å². The summed E-state index contributed by atoms with van der Waals surface area (Å²) in [4.78, 5) is 0. The van der Waals surface area contributed by atoms with Crippen LogP contribution < -0.4 is 5.73 Å². The van der Waals surface area contributed by atoms with Crippen molar-refractivity contribution in [1.82, 2.24) is 0 Å². The van der Waals surface area contributed by atoms with Crippen LogP contribution >= 0.6 is 15.9 Å². The van der Waals surface area contributed by atoms with Gasteiger partial charge in [0, 0.05) is 4.47 Å². The highest BCUT2D eigenvalue weighted by Gasteiger charge is 2.24. The van der Waals surface area contributed by atoms with Crippen molar-refractivity contribution in [3.05, 3.63) is 46.4 Å². The molecule has 0 aromatic heterocycles. The molecule has 1 aliphatic heterocycles. The minimum Gasteiger partial charge on any atom is -0.376 e. The summed E-state index contributed by atoms with van der Waals surface area (Å²) >= 11 is 3.58. The maximum atomic E-state index is 6.37. The quantitative estimate of drug-likeness (QED) is 0.924. The molecule has 1 saturated heterocycles. The molecule has 1 heterocycles. The molecule has 0 radical (unpaired) electrons. The van der Waals surface area contributed by atoms with Crippen molar-refractivity contribution in [3.8, 4) is 0 Å². The first-order valence-corrected chi connectivity index (χ1v) is 7.19. The Labute approximate surface area is 120 Å². The topological polar surface area (TPSA) is 44.5 Å². The molecule has 2 aromatic rings. The minimum atomic E-state index is -0.168. The van der Waals surface area contributed by atoms with Crippen molar-refractivity contribution < 1.29 is 9.47 Å². The number of nitrogens with two attached hydrogens (primary N) is 1. The lowest BCUT2D eigenvalue weighted by molar-refractivity contribution is -0.0974. The highest BCUT2D eigenvalue weighted by Crippen LogP contribution is 2.31. The lowest BCUT2D eigenvalue weighted by atomic mass is 9.96. The number of halogens is 1. The van der Waals surface area contributed by atoms with E-state index in [4.69, 9.17) is 15.2 Å². The molecular weight excluding hydrogens is 306 g/mol. The van der Waals surface area contributed by atoms with Crippen molar-refractivity contribution >= 4 is 26.7 Å². The van der Waals surface area contributed by atoms with Crippen molar-refractivity contribution in [2.24, 2.45) is 5.73 Å². The van der Waals surface area contributed by atoms with E-state index in [1.165, 1.54) is 10.8 Å². The second-order valence-corrected chi connectivity index (χ2v) is 5.55. The monoisotopic (exact) mass is 321 g/mol. The van der Waals surface area contributed by atoms with E-state index in [2.05, 4.69) is 34.1 Å². The third-order valence-corrected chi connectivity index (χ3v) is 4.20. The molecule has 4 heteroatoms. The van der Waals surface area contributed by atoms with Crippen molar-refractivity contribution in [2.45, 2.75) is 12.1 Å². The van der Waals surface area contributed by atoms with Gasteiger partial charge in [0.1, 0.15) is 6.10 Å². The van der Waals surface area contributed by atoms with Crippen LogP contribution in [-0.4, -0.2) is 25.9 Å². The Hall–Kier alpha value is -0.940. The number of hydrogen-bond acceptors (Lipinski definition) is 3. The molecule has 2 aromatic carbocycles. The van der Waals surface area contributed by atoms with Crippen LogP contribution in [0.2, 0.25) is 0 Å². The summed E-state index contributed by atoms with van der Waals surface area (Å²) in [7, 11) is 0. The SMILES string of the molecule is NC(c1ccc(Br)c2ccccc12)C1COCCO1. The lowest BCUT2D eigenvalue weighted by Gasteiger charge is -2.29. The second-order valence-electron chi connectivity index (χ2n) is 4.69. The van der Waals surface area contributed by atoms with Gasteiger partial charge in [0.15, 0.2) is 0 Å². The van der Waals surface area contributed by atoms with E-state index in [-0.39, 0.29) is 12.1 Å². The van der Waals surface area contributed by atoms with Gasteiger partial charge in [-0.05, 0) is 22.4 Å². The zero-order chi connectivity index (χ0) is 13.2. The van der Waals surface area contributed by atoms with E-state index in [0.29, 0.717) is 19.8 Å². The van der Waals surface area contributed by atoms with Crippen LogP contribution in [-0.2, 0) is 9.47 Å². The number of rotatable bonds is 2. The number of benzene rings is 2. The van der Waals surface area contributed by atoms with E-state index in [1.807, 2.05) is 18.2 Å². The summed E-state index contributed by atoms with van der Waals surface area (Å²) in [5, 5.41) is 2.34. The molecule has 0 aliphatic carbocycles. The van der Waals surface area contributed by atoms with Gasteiger partial charge < -0.3 is 15.2 Å². The predicted molar refractivity (Wildman–Crippen MR) is 79.1 cm³/mol. The Bertz CT molecular complexity index is 581. The fourth-order valence-electron chi connectivity index (χ4n) is 2.49. The van der Waals surface area contributed by atoms with Gasteiger partial charge in [-0.15, -0.1) is 0 Å². The van der Waals surface area contributed by atoms with Crippen LogP contribution in [0.5, 0.6) is 0 Å². The zero-order valence-corrected chi connectivity index (χ0v) is 12.1. The second kappa shape index (κ2) is 5.59. The number of hydrogen-bond donors (Lipinski definition) is 1. The molecule has 3 nitrogen and oxygen atoms in total. The number of fused-ring (bicyclic) bond motifs is 1. The average molecular weight is 322 g/mol. The smallest absolute Gasteiger partial charge is 0.100 e. The van der Waals surface area contributed by atoms with Crippen molar-refractivity contribution in [1.29, 1.82) is 0 Å². The molecule has 100 valence electrons. The van der Waals surface area contributed by atoms with Gasteiger partial charge in [0.2, 0.25) is 0 Å². The fourth-order valence-corrected chi connectivity index (χ4v) is 2.97. The molecule has 0 amide bonds. The predicted octanol–water partition coefficient (Wildman–Crippen LogP) is 3.02. The van der Waals surface area contributed by atoms with Gasteiger partial charge in [-0.2, -0.15) is 0 Å². The maximum absolute atomic E-state index is 6.37. The van der Waals surface area contributed by atoms with Crippen LogP contribution in [0.1, 0.15) is 11.6 Å². The summed E-state index contributed by atoms with van der Waals surface area (Å²) in [5.41, 5.74) is 7.47. The molecular formula is C15H16BrNO2. The average Bonchev–Trinajstić information content (AvgIpc) is 2.48. The highest BCUT2D eigenvalue weighted by atomic mass is 79.9. The van der Waals surface area contributed by atoms with Gasteiger partial charge in [-0.3, -0.25) is 0 Å². The van der Waals surface area contributed by atoms with Gasteiger partial charge in [0.25, 0.3) is 0 Å². The molecule has 2 N–H and O–H groups in total. The molecule has 0 spiro atoms. The summed E-state index contributed by atoms with van der Waals surface area (Å²) in [6.07, 6.45) is -0.0710. The molecule has 0 saturated carbocycles. The largest absolute Gasteiger partial charge is 0.376 e. The van der Waals surface area contributed by atoms with E-state index in [1.54, 1.807) is 0 Å². The van der Waals surface area contributed by atoms with Crippen LogP contribution in [0.3, 0.4) is 0 Å². The fraction of sp³-hybridized carbons (Fsp3) is 0.333. The Balaban J connectivity index is 2.02. The molecule has 2 unspecified atom stereocenters. The van der Waals surface area contributed by atoms with Crippen LogP contribution in [0.15, 0.2) is 40.9 Å². The first kappa shape index (κ1) is 13.1. The summed E-state index contributed by atoms with van der Waals surface area (Å²) in [6.45, 7) is 1.84. The normalized spacial score (nSPS) is 21.5. The van der Waals surface area contributed by atoms with Gasteiger partial charge in [0.05, 0.1) is 25.9 Å². The molecule has 3 rings (SSSR count). The van der Waals surface area contributed by atoms with Crippen molar-refractivity contribution in [2.75, 3.05) is 19.8 Å². The molecule has 0 bridgehead atoms. The summed E-state index contributed by atoms with van der Waals surface area (Å²) in [5.74, 6) is 0. The highest BCUT2D eigenvalue weighted by molar-refractivity contribution is 9.10. The molecule has 2 atom stereocenters. The van der Waals surface area contributed by atoms with Gasteiger partial charge in [-0.25, -0.2) is 0 Å². The zero-order valence-electron chi connectivity index (χ0n) is 10.5. The maximum Gasteiger partial charge on any atom is 0.100 e. The van der Waals surface area contributed by atoms with E-state index in [9.17, 15) is 0 Å². The third-order valence-electron chi connectivity index (χ3n) is 3.51. The Morgan fingerprint density at radius 2 is 1.89 bits per heavy atom. The van der Waals surface area contributed by atoms with E-state index in [0.717, 1.165) is 10.0 Å². The Morgan fingerprint density at radius 1 is 1.11 bits per heavy atom. The lowest BCUT2D eigenvalue weighted by Crippen LogP contribution is -2.37. The van der Waals surface area contributed by atoms with E-state index < -0.39 is 0 Å². The first-order chi connectivity index (χ1) is 9.27. The summed E-state index contributed by atoms with van der Waals surface area (Å²) in [6, 6.07) is 12.2. The molecule has 19 heavy (non-hydrogen) atoms. The van der Waals surface area contributed by atoms with Crippen LogP contribution in [0.4, 0.5) is 0 Å². The van der Waals surface area contributed by atoms with Crippen molar-refractivity contribution in [3.63, 3.8) is 0 Å². The van der Waals surface area contributed by atoms with Crippen LogP contribution in [0.25, 0.3) is 10.8 Å². The van der Waals surface area contributed by atoms with Gasteiger partial charge >= 0.3 is 0 Å². The molecule has 1 aliphatic rings. The first-order valence-electron chi connectivity index (χ1n) is 6.39.